The first-order valence-corrected chi connectivity index (χ1v) is 10.4. The first-order valence-electron chi connectivity index (χ1n) is 9.62. The molecule has 2 aromatic carbocycles. The van der Waals surface area contributed by atoms with Gasteiger partial charge in [-0.3, -0.25) is 9.59 Å². The van der Waals surface area contributed by atoms with E-state index in [2.05, 4.69) is 16.0 Å². The third-order valence-corrected chi connectivity index (χ3v) is 4.46. The highest BCUT2D eigenvalue weighted by Crippen LogP contribution is 2.22. The van der Waals surface area contributed by atoms with Crippen LogP contribution in [0.15, 0.2) is 42.5 Å². The van der Waals surface area contributed by atoms with Crippen LogP contribution in [-0.4, -0.2) is 30.1 Å². The molecule has 0 saturated heterocycles. The first kappa shape index (κ1) is 24.5. The van der Waals surface area contributed by atoms with Gasteiger partial charge < -0.3 is 20.7 Å². The van der Waals surface area contributed by atoms with Crippen molar-refractivity contribution in [2.75, 3.05) is 11.9 Å². The molecule has 0 aromatic heterocycles. The highest BCUT2D eigenvalue weighted by molar-refractivity contribution is 6.36. The molecule has 3 amide bonds. The SMILES string of the molecule is CC(C)(C)OC(=O)NCCC(=O)NCc1ccc(NC(=O)c2cc(Cl)ccc2Cl)cc1. The van der Waals surface area contributed by atoms with Gasteiger partial charge in [0.15, 0.2) is 0 Å². The van der Waals surface area contributed by atoms with Crippen molar-refractivity contribution in [3.05, 3.63) is 63.6 Å². The van der Waals surface area contributed by atoms with Gasteiger partial charge in [-0.15, -0.1) is 0 Å². The number of amides is 3. The fourth-order valence-corrected chi connectivity index (χ4v) is 2.83. The van der Waals surface area contributed by atoms with Crippen LogP contribution in [0, 0.1) is 0 Å². The summed E-state index contributed by atoms with van der Waals surface area (Å²) in [7, 11) is 0. The topological polar surface area (TPSA) is 96.5 Å². The van der Waals surface area contributed by atoms with E-state index in [4.69, 9.17) is 27.9 Å². The van der Waals surface area contributed by atoms with Crippen LogP contribution in [0.3, 0.4) is 0 Å². The van der Waals surface area contributed by atoms with Gasteiger partial charge in [-0.05, 0) is 56.7 Å². The van der Waals surface area contributed by atoms with Crippen LogP contribution < -0.4 is 16.0 Å². The van der Waals surface area contributed by atoms with E-state index in [-0.39, 0.29) is 30.3 Å². The van der Waals surface area contributed by atoms with E-state index in [1.165, 1.54) is 6.07 Å². The predicted molar refractivity (Wildman–Crippen MR) is 122 cm³/mol. The molecule has 0 spiro atoms. The minimum absolute atomic E-state index is 0.133. The Morgan fingerprint density at radius 2 is 1.65 bits per heavy atom. The van der Waals surface area contributed by atoms with E-state index >= 15 is 0 Å². The Kier molecular flexibility index (Phi) is 8.71. The fourth-order valence-electron chi connectivity index (χ4n) is 2.46. The summed E-state index contributed by atoms with van der Waals surface area (Å²) in [5.74, 6) is -0.574. The smallest absolute Gasteiger partial charge is 0.407 e. The molecule has 3 N–H and O–H groups in total. The largest absolute Gasteiger partial charge is 0.444 e. The van der Waals surface area contributed by atoms with Crippen LogP contribution in [-0.2, 0) is 16.1 Å². The quantitative estimate of drug-likeness (QED) is 0.548. The zero-order valence-electron chi connectivity index (χ0n) is 17.6. The molecule has 0 fully saturated rings. The second-order valence-electron chi connectivity index (χ2n) is 7.73. The van der Waals surface area contributed by atoms with E-state index in [0.717, 1.165) is 5.56 Å². The molecule has 2 rings (SSSR count). The van der Waals surface area contributed by atoms with Crippen molar-refractivity contribution in [2.24, 2.45) is 0 Å². The lowest BCUT2D eigenvalue weighted by Crippen LogP contribution is -2.35. The Hall–Kier alpha value is -2.77. The summed E-state index contributed by atoms with van der Waals surface area (Å²) in [6.45, 7) is 5.80. The summed E-state index contributed by atoms with van der Waals surface area (Å²) in [5.41, 5.74) is 1.13. The average Bonchev–Trinajstić information content (AvgIpc) is 2.68. The van der Waals surface area contributed by atoms with Gasteiger partial charge in [-0.25, -0.2) is 4.79 Å². The van der Waals surface area contributed by atoms with Gasteiger partial charge in [0.2, 0.25) is 5.91 Å². The molecular weight excluding hydrogens is 441 g/mol. The number of nitrogens with one attached hydrogen (secondary N) is 3. The molecule has 0 aliphatic heterocycles. The van der Waals surface area contributed by atoms with Crippen molar-refractivity contribution in [3.63, 3.8) is 0 Å². The van der Waals surface area contributed by atoms with Gasteiger partial charge in [0.25, 0.3) is 5.91 Å². The van der Waals surface area contributed by atoms with Crippen LogP contribution >= 0.6 is 23.2 Å². The van der Waals surface area contributed by atoms with E-state index in [1.807, 2.05) is 0 Å². The van der Waals surface area contributed by atoms with Crippen LogP contribution in [0.5, 0.6) is 0 Å². The molecule has 7 nitrogen and oxygen atoms in total. The number of carbonyl (C=O) groups is 3. The lowest BCUT2D eigenvalue weighted by atomic mass is 10.1. The Morgan fingerprint density at radius 3 is 2.29 bits per heavy atom. The lowest BCUT2D eigenvalue weighted by Gasteiger charge is -2.19. The van der Waals surface area contributed by atoms with Gasteiger partial charge in [-0.1, -0.05) is 35.3 Å². The maximum atomic E-state index is 12.4. The maximum Gasteiger partial charge on any atom is 0.407 e. The monoisotopic (exact) mass is 465 g/mol. The number of benzene rings is 2. The normalized spacial score (nSPS) is 10.9. The first-order chi connectivity index (χ1) is 14.5. The Morgan fingerprint density at radius 1 is 0.968 bits per heavy atom. The van der Waals surface area contributed by atoms with Gasteiger partial charge in [0, 0.05) is 30.2 Å². The third kappa shape index (κ3) is 8.86. The summed E-state index contributed by atoms with van der Waals surface area (Å²) in [6, 6.07) is 11.7. The molecule has 0 aliphatic carbocycles. The molecule has 31 heavy (non-hydrogen) atoms. The number of hydrogen-bond acceptors (Lipinski definition) is 4. The van der Waals surface area contributed by atoms with Gasteiger partial charge in [-0.2, -0.15) is 0 Å². The molecule has 0 atom stereocenters. The number of ether oxygens (including phenoxy) is 1. The molecule has 0 radical (unpaired) electrons. The summed E-state index contributed by atoms with van der Waals surface area (Å²) in [4.78, 5) is 35.8. The Balaban J connectivity index is 1.77. The van der Waals surface area contributed by atoms with Crippen LogP contribution in [0.1, 0.15) is 43.1 Å². The Bertz CT molecular complexity index is 941. The van der Waals surface area contributed by atoms with Crippen molar-refractivity contribution in [2.45, 2.75) is 39.3 Å². The second kappa shape index (κ2) is 11.0. The van der Waals surface area contributed by atoms with E-state index in [0.29, 0.717) is 22.3 Å². The van der Waals surface area contributed by atoms with Gasteiger partial charge in [0.05, 0.1) is 10.6 Å². The molecule has 166 valence electrons. The lowest BCUT2D eigenvalue weighted by molar-refractivity contribution is -0.121. The van der Waals surface area contributed by atoms with Gasteiger partial charge in [0.1, 0.15) is 5.60 Å². The number of hydrogen-bond donors (Lipinski definition) is 3. The van der Waals surface area contributed by atoms with Crippen molar-refractivity contribution < 1.29 is 19.1 Å². The molecule has 2 aromatic rings. The van der Waals surface area contributed by atoms with E-state index < -0.39 is 11.7 Å². The molecule has 0 bridgehead atoms. The molecule has 0 unspecified atom stereocenters. The summed E-state index contributed by atoms with van der Waals surface area (Å²) >= 11 is 12.0. The summed E-state index contributed by atoms with van der Waals surface area (Å²) < 4.78 is 5.10. The van der Waals surface area contributed by atoms with Crippen molar-refractivity contribution >= 4 is 46.8 Å². The van der Waals surface area contributed by atoms with Crippen LogP contribution in [0.2, 0.25) is 10.0 Å². The Labute approximate surface area is 191 Å². The zero-order valence-corrected chi connectivity index (χ0v) is 19.1. The molecule has 9 heteroatoms. The highest BCUT2D eigenvalue weighted by atomic mass is 35.5. The summed E-state index contributed by atoms with van der Waals surface area (Å²) in [6.07, 6.45) is -0.426. The highest BCUT2D eigenvalue weighted by Gasteiger charge is 2.16. The molecule has 0 aliphatic rings. The fraction of sp³-hybridized carbons (Fsp3) is 0.318. The zero-order chi connectivity index (χ0) is 23.0. The third-order valence-electron chi connectivity index (χ3n) is 3.89. The number of alkyl carbamates (subject to hydrolysis) is 1. The van der Waals surface area contributed by atoms with Crippen molar-refractivity contribution in [1.29, 1.82) is 0 Å². The molecule has 0 saturated carbocycles. The van der Waals surface area contributed by atoms with Crippen LogP contribution in [0.4, 0.5) is 10.5 Å². The number of halogens is 2. The minimum atomic E-state index is -0.585. The molecule has 0 heterocycles. The number of carbonyl (C=O) groups excluding carboxylic acids is 3. The molecular formula is C22H25Cl2N3O4. The van der Waals surface area contributed by atoms with Crippen LogP contribution in [0.25, 0.3) is 0 Å². The van der Waals surface area contributed by atoms with E-state index in [9.17, 15) is 14.4 Å². The standard InChI is InChI=1S/C22H25Cl2N3O4/c1-22(2,3)31-21(30)25-11-10-19(28)26-13-14-4-7-16(8-5-14)27-20(29)17-12-15(23)6-9-18(17)24/h4-9,12H,10-11,13H2,1-3H3,(H,25,30)(H,26,28)(H,27,29). The van der Waals surface area contributed by atoms with Crippen molar-refractivity contribution in [1.82, 2.24) is 10.6 Å². The number of rotatable bonds is 7. The number of anilines is 1. The predicted octanol–water partition coefficient (Wildman–Crippen LogP) is 4.78. The second-order valence-corrected chi connectivity index (χ2v) is 8.57. The minimum Gasteiger partial charge on any atom is -0.444 e. The van der Waals surface area contributed by atoms with E-state index in [1.54, 1.807) is 57.2 Å². The van der Waals surface area contributed by atoms with Gasteiger partial charge >= 0.3 is 6.09 Å². The maximum absolute atomic E-state index is 12.4. The summed E-state index contributed by atoms with van der Waals surface area (Å²) in [5, 5.41) is 8.78. The van der Waals surface area contributed by atoms with Crippen molar-refractivity contribution in [3.8, 4) is 0 Å². The average molecular weight is 466 g/mol.